The van der Waals surface area contributed by atoms with Crippen LogP contribution in [0, 0.1) is 5.92 Å². The van der Waals surface area contributed by atoms with Gasteiger partial charge in [-0.1, -0.05) is 20.8 Å². The molecule has 1 aromatic heterocycles. The maximum atomic E-state index is 4.37. The largest absolute Gasteiger partial charge is 0.344 e. The van der Waals surface area contributed by atoms with Crippen molar-refractivity contribution < 1.29 is 0 Å². The molecular weight excluding hydrogens is 218 g/mol. The molecule has 0 saturated heterocycles. The molecule has 0 aliphatic rings. The molecule has 0 bridgehead atoms. The van der Waals surface area contributed by atoms with Crippen molar-refractivity contribution in [1.29, 1.82) is 0 Å². The number of nitrogens with zero attached hydrogens (tertiary/aromatic N) is 1. The van der Waals surface area contributed by atoms with Crippen molar-refractivity contribution in [2.24, 2.45) is 5.92 Å². The minimum absolute atomic E-state index is 0.697. The van der Waals surface area contributed by atoms with Crippen molar-refractivity contribution in [1.82, 2.24) is 15.3 Å². The first-order valence-corrected chi connectivity index (χ1v) is 7.19. The van der Waals surface area contributed by atoms with E-state index >= 15 is 0 Å². The lowest BCUT2D eigenvalue weighted by Gasteiger charge is -2.05. The van der Waals surface area contributed by atoms with Gasteiger partial charge >= 0.3 is 0 Å². The fraction of sp³-hybridized carbons (Fsp3) is 0.750. The molecule has 0 saturated carbocycles. The van der Waals surface area contributed by atoms with E-state index in [1.54, 1.807) is 0 Å². The number of nitrogens with one attached hydrogen (secondary N) is 2. The Labute approximate surface area is 103 Å². The van der Waals surface area contributed by atoms with Crippen LogP contribution in [0.15, 0.2) is 6.20 Å². The summed E-state index contributed by atoms with van der Waals surface area (Å²) in [5.41, 5.74) is 1.19. The summed E-state index contributed by atoms with van der Waals surface area (Å²) >= 11 is 1.93. The van der Waals surface area contributed by atoms with E-state index in [0.717, 1.165) is 24.7 Å². The van der Waals surface area contributed by atoms with E-state index in [9.17, 15) is 0 Å². The molecule has 0 unspecified atom stereocenters. The molecule has 1 aromatic rings. The van der Waals surface area contributed by atoms with Crippen LogP contribution in [-0.2, 0) is 12.3 Å². The van der Waals surface area contributed by atoms with Crippen LogP contribution in [0.2, 0.25) is 0 Å². The van der Waals surface area contributed by atoms with Gasteiger partial charge < -0.3 is 10.3 Å². The maximum Gasteiger partial charge on any atom is 0.116 e. The van der Waals surface area contributed by atoms with Gasteiger partial charge in [0.05, 0.1) is 5.75 Å². The highest BCUT2D eigenvalue weighted by Gasteiger charge is 2.00. The van der Waals surface area contributed by atoms with Crippen LogP contribution in [0.4, 0.5) is 0 Å². The van der Waals surface area contributed by atoms with E-state index in [0.29, 0.717) is 5.92 Å². The SMILES string of the molecule is CCCSCc1ncc(CNCC(C)C)[nH]1. The Balaban J connectivity index is 2.22. The third kappa shape index (κ3) is 5.56. The standard InChI is InChI=1S/C12H23N3S/c1-4-5-16-9-12-14-8-11(15-12)7-13-6-10(2)3/h8,10,13H,4-7,9H2,1-3H3,(H,14,15). The van der Waals surface area contributed by atoms with Gasteiger partial charge in [-0.25, -0.2) is 4.98 Å². The normalized spacial score (nSPS) is 11.2. The van der Waals surface area contributed by atoms with Gasteiger partial charge in [-0.15, -0.1) is 0 Å². The second-order valence-electron chi connectivity index (χ2n) is 4.43. The molecule has 0 aliphatic heterocycles. The van der Waals surface area contributed by atoms with E-state index in [1.807, 2.05) is 18.0 Å². The molecular formula is C12H23N3S. The zero-order chi connectivity index (χ0) is 11.8. The van der Waals surface area contributed by atoms with E-state index in [1.165, 1.54) is 17.9 Å². The maximum absolute atomic E-state index is 4.37. The van der Waals surface area contributed by atoms with Gasteiger partial charge in [0.25, 0.3) is 0 Å². The Morgan fingerprint density at radius 3 is 3.00 bits per heavy atom. The number of aromatic amines is 1. The van der Waals surface area contributed by atoms with Gasteiger partial charge in [-0.2, -0.15) is 11.8 Å². The van der Waals surface area contributed by atoms with E-state index < -0.39 is 0 Å². The van der Waals surface area contributed by atoms with E-state index in [-0.39, 0.29) is 0 Å². The number of H-pyrrole nitrogens is 1. The van der Waals surface area contributed by atoms with Crippen LogP contribution >= 0.6 is 11.8 Å². The van der Waals surface area contributed by atoms with Crippen molar-refractivity contribution in [3.05, 3.63) is 17.7 Å². The van der Waals surface area contributed by atoms with Crippen molar-refractivity contribution >= 4 is 11.8 Å². The van der Waals surface area contributed by atoms with Crippen molar-refractivity contribution in [2.75, 3.05) is 12.3 Å². The fourth-order valence-corrected chi connectivity index (χ4v) is 2.15. The summed E-state index contributed by atoms with van der Waals surface area (Å²) in [4.78, 5) is 7.72. The average molecular weight is 241 g/mol. The minimum Gasteiger partial charge on any atom is -0.344 e. The number of imidazole rings is 1. The molecule has 0 fully saturated rings. The number of aromatic nitrogens is 2. The second-order valence-corrected chi connectivity index (χ2v) is 5.54. The van der Waals surface area contributed by atoms with E-state index in [4.69, 9.17) is 0 Å². The highest BCUT2D eigenvalue weighted by atomic mass is 32.2. The van der Waals surface area contributed by atoms with Crippen LogP contribution in [-0.4, -0.2) is 22.3 Å². The lowest BCUT2D eigenvalue weighted by molar-refractivity contribution is 0.549. The number of thioether (sulfide) groups is 1. The minimum atomic E-state index is 0.697. The number of hydrogen-bond acceptors (Lipinski definition) is 3. The van der Waals surface area contributed by atoms with Gasteiger partial charge in [0.2, 0.25) is 0 Å². The van der Waals surface area contributed by atoms with Crippen molar-refractivity contribution in [3.63, 3.8) is 0 Å². The molecule has 92 valence electrons. The highest BCUT2D eigenvalue weighted by molar-refractivity contribution is 7.98. The first kappa shape index (κ1) is 13.6. The Morgan fingerprint density at radius 1 is 1.50 bits per heavy atom. The van der Waals surface area contributed by atoms with Crippen LogP contribution in [0.25, 0.3) is 0 Å². The van der Waals surface area contributed by atoms with Gasteiger partial charge in [0.15, 0.2) is 0 Å². The Bertz CT molecular complexity index is 284. The Morgan fingerprint density at radius 2 is 2.31 bits per heavy atom. The van der Waals surface area contributed by atoms with Gasteiger partial charge in [0.1, 0.15) is 5.82 Å². The van der Waals surface area contributed by atoms with Gasteiger partial charge in [0, 0.05) is 18.4 Å². The lowest BCUT2D eigenvalue weighted by atomic mass is 10.2. The van der Waals surface area contributed by atoms with Crippen molar-refractivity contribution in [2.45, 2.75) is 39.5 Å². The third-order valence-corrected chi connectivity index (χ3v) is 3.31. The summed E-state index contributed by atoms with van der Waals surface area (Å²) in [5.74, 6) is 4.00. The molecule has 2 N–H and O–H groups in total. The Hall–Kier alpha value is -0.480. The Kier molecular flexibility index (Phi) is 6.57. The molecule has 0 atom stereocenters. The number of rotatable bonds is 8. The zero-order valence-electron chi connectivity index (χ0n) is 10.5. The molecule has 0 radical (unpaired) electrons. The third-order valence-electron chi connectivity index (χ3n) is 2.14. The van der Waals surface area contributed by atoms with E-state index in [2.05, 4.69) is 36.1 Å². The molecule has 0 amide bonds. The molecule has 4 heteroatoms. The topological polar surface area (TPSA) is 40.7 Å². The molecule has 0 aliphatic carbocycles. The molecule has 1 rings (SSSR count). The zero-order valence-corrected chi connectivity index (χ0v) is 11.4. The van der Waals surface area contributed by atoms with Crippen LogP contribution in [0.5, 0.6) is 0 Å². The quantitative estimate of drug-likeness (QED) is 0.688. The smallest absolute Gasteiger partial charge is 0.116 e. The van der Waals surface area contributed by atoms with Gasteiger partial charge in [-0.3, -0.25) is 0 Å². The summed E-state index contributed by atoms with van der Waals surface area (Å²) in [5, 5.41) is 3.40. The van der Waals surface area contributed by atoms with Crippen LogP contribution in [0.1, 0.15) is 38.7 Å². The summed E-state index contributed by atoms with van der Waals surface area (Å²) in [7, 11) is 0. The lowest BCUT2D eigenvalue weighted by Crippen LogP contribution is -2.19. The predicted molar refractivity (Wildman–Crippen MR) is 71.6 cm³/mol. The fourth-order valence-electron chi connectivity index (χ4n) is 1.38. The second kappa shape index (κ2) is 7.74. The molecule has 0 aromatic carbocycles. The molecule has 0 spiro atoms. The van der Waals surface area contributed by atoms with Crippen LogP contribution < -0.4 is 5.32 Å². The average Bonchev–Trinajstić information content (AvgIpc) is 2.66. The summed E-state index contributed by atoms with van der Waals surface area (Å²) in [6, 6.07) is 0. The summed E-state index contributed by atoms with van der Waals surface area (Å²) < 4.78 is 0. The highest BCUT2D eigenvalue weighted by Crippen LogP contribution is 2.10. The molecule has 1 heterocycles. The predicted octanol–water partition coefficient (Wildman–Crippen LogP) is 2.80. The number of hydrogen-bond donors (Lipinski definition) is 2. The monoisotopic (exact) mass is 241 g/mol. The first-order chi connectivity index (χ1) is 7.72. The first-order valence-electron chi connectivity index (χ1n) is 6.03. The van der Waals surface area contributed by atoms with Crippen LogP contribution in [0.3, 0.4) is 0 Å². The summed E-state index contributed by atoms with van der Waals surface area (Å²) in [6.45, 7) is 8.58. The summed E-state index contributed by atoms with van der Waals surface area (Å²) in [6.07, 6.45) is 3.17. The molecule has 3 nitrogen and oxygen atoms in total. The van der Waals surface area contributed by atoms with Crippen molar-refractivity contribution in [3.8, 4) is 0 Å². The van der Waals surface area contributed by atoms with Gasteiger partial charge in [-0.05, 0) is 24.6 Å². The molecule has 16 heavy (non-hydrogen) atoms.